The maximum absolute atomic E-state index is 11.6. The van der Waals surface area contributed by atoms with E-state index >= 15 is 0 Å². The molecular formula is C13H17N3O3. The number of amides is 2. The van der Waals surface area contributed by atoms with Gasteiger partial charge in [0.15, 0.2) is 6.61 Å². The van der Waals surface area contributed by atoms with Gasteiger partial charge in [-0.3, -0.25) is 14.5 Å². The predicted octanol–water partition coefficient (Wildman–Crippen LogP) is -0.0411. The van der Waals surface area contributed by atoms with Crippen molar-refractivity contribution in [2.75, 3.05) is 32.1 Å². The Balaban J connectivity index is 2.16. The van der Waals surface area contributed by atoms with Gasteiger partial charge in [0.2, 0.25) is 5.91 Å². The van der Waals surface area contributed by atoms with Gasteiger partial charge in [0.25, 0.3) is 5.91 Å². The molecule has 6 nitrogen and oxygen atoms in total. The zero-order chi connectivity index (χ0) is 14.0. The van der Waals surface area contributed by atoms with Crippen LogP contribution in [0, 0.1) is 0 Å². The molecule has 0 atom stereocenters. The van der Waals surface area contributed by atoms with Gasteiger partial charge in [-0.15, -0.1) is 0 Å². The number of primary amides is 1. The molecule has 102 valence electrons. The van der Waals surface area contributed by atoms with E-state index in [2.05, 4.69) is 0 Å². The van der Waals surface area contributed by atoms with Crippen LogP contribution in [0.4, 0.5) is 5.69 Å². The van der Waals surface area contributed by atoms with E-state index in [-0.39, 0.29) is 25.0 Å². The van der Waals surface area contributed by atoms with Crippen LogP contribution in [0.15, 0.2) is 18.2 Å². The summed E-state index contributed by atoms with van der Waals surface area (Å²) in [6.07, 6.45) is 0. The average Bonchev–Trinajstić information content (AvgIpc) is 2.33. The van der Waals surface area contributed by atoms with Crippen LogP contribution in [0.25, 0.3) is 0 Å². The second-order valence-electron chi connectivity index (χ2n) is 4.68. The van der Waals surface area contributed by atoms with E-state index < -0.39 is 0 Å². The molecule has 2 amide bonds. The molecule has 2 N–H and O–H groups in total. The number of carbonyl (C=O) groups excluding carboxylic acids is 2. The number of benzene rings is 1. The van der Waals surface area contributed by atoms with Crippen molar-refractivity contribution in [2.24, 2.45) is 5.73 Å². The molecular weight excluding hydrogens is 246 g/mol. The SMILES string of the molecule is CN(CC(N)=O)Cc1ccc2c(c1)N(C)C(=O)CO2. The lowest BCUT2D eigenvalue weighted by Gasteiger charge is -2.26. The van der Waals surface area contributed by atoms with Crippen molar-refractivity contribution in [3.8, 4) is 5.75 Å². The highest BCUT2D eigenvalue weighted by Gasteiger charge is 2.22. The molecule has 6 heteroatoms. The predicted molar refractivity (Wildman–Crippen MR) is 70.9 cm³/mol. The molecule has 1 aliphatic rings. The van der Waals surface area contributed by atoms with E-state index in [0.717, 1.165) is 11.3 Å². The molecule has 0 aliphatic carbocycles. The zero-order valence-corrected chi connectivity index (χ0v) is 11.0. The van der Waals surface area contributed by atoms with Crippen molar-refractivity contribution in [3.63, 3.8) is 0 Å². The Labute approximate surface area is 111 Å². The summed E-state index contributed by atoms with van der Waals surface area (Å²) in [4.78, 5) is 25.8. The summed E-state index contributed by atoms with van der Waals surface area (Å²) in [5.74, 6) is 0.259. The number of rotatable bonds is 4. The Kier molecular flexibility index (Phi) is 3.71. The van der Waals surface area contributed by atoms with Gasteiger partial charge < -0.3 is 15.4 Å². The van der Waals surface area contributed by atoms with Gasteiger partial charge in [-0.1, -0.05) is 6.07 Å². The van der Waals surface area contributed by atoms with Gasteiger partial charge >= 0.3 is 0 Å². The van der Waals surface area contributed by atoms with Crippen LogP contribution in [-0.4, -0.2) is 44.0 Å². The molecule has 0 saturated carbocycles. The number of carbonyl (C=O) groups is 2. The van der Waals surface area contributed by atoms with Crippen LogP contribution in [0.1, 0.15) is 5.56 Å². The lowest BCUT2D eigenvalue weighted by Crippen LogP contribution is -2.35. The maximum Gasteiger partial charge on any atom is 0.264 e. The molecule has 19 heavy (non-hydrogen) atoms. The standard InChI is InChI=1S/C13H17N3O3/c1-15(7-12(14)17)6-9-3-4-11-10(5-9)16(2)13(18)8-19-11/h3-5H,6-8H2,1-2H3,(H2,14,17). The van der Waals surface area contributed by atoms with Gasteiger partial charge in [0.05, 0.1) is 12.2 Å². The van der Waals surface area contributed by atoms with Gasteiger partial charge in [0.1, 0.15) is 5.75 Å². The fraction of sp³-hybridized carbons (Fsp3) is 0.385. The number of nitrogens with two attached hydrogens (primary N) is 1. The lowest BCUT2D eigenvalue weighted by atomic mass is 10.1. The number of ether oxygens (including phenoxy) is 1. The third-order valence-corrected chi connectivity index (χ3v) is 2.99. The number of likely N-dealkylation sites (N-methyl/N-ethyl adjacent to an activating group) is 2. The minimum Gasteiger partial charge on any atom is -0.482 e. The van der Waals surface area contributed by atoms with Crippen LogP contribution in [0.3, 0.4) is 0 Å². The van der Waals surface area contributed by atoms with Crippen LogP contribution in [0.5, 0.6) is 5.75 Å². The number of fused-ring (bicyclic) bond motifs is 1. The monoisotopic (exact) mass is 263 g/mol. The molecule has 1 aliphatic heterocycles. The quantitative estimate of drug-likeness (QED) is 0.827. The Morgan fingerprint density at radius 2 is 2.26 bits per heavy atom. The Morgan fingerprint density at radius 1 is 1.53 bits per heavy atom. The number of nitrogens with zero attached hydrogens (tertiary/aromatic N) is 2. The normalized spacial score (nSPS) is 14.3. The number of hydrogen-bond donors (Lipinski definition) is 1. The van der Waals surface area contributed by atoms with Crippen LogP contribution < -0.4 is 15.4 Å². The van der Waals surface area contributed by atoms with Crippen LogP contribution >= 0.6 is 0 Å². The fourth-order valence-corrected chi connectivity index (χ4v) is 2.05. The van der Waals surface area contributed by atoms with Crippen molar-refractivity contribution < 1.29 is 14.3 Å². The zero-order valence-electron chi connectivity index (χ0n) is 11.0. The summed E-state index contributed by atoms with van der Waals surface area (Å²) >= 11 is 0. The van der Waals surface area contributed by atoms with E-state index in [1.165, 1.54) is 0 Å². The molecule has 0 spiro atoms. The molecule has 0 aromatic heterocycles. The third-order valence-electron chi connectivity index (χ3n) is 2.99. The Bertz CT molecular complexity index is 516. The molecule has 0 bridgehead atoms. The topological polar surface area (TPSA) is 75.9 Å². The first-order valence-electron chi connectivity index (χ1n) is 5.96. The summed E-state index contributed by atoms with van der Waals surface area (Å²) in [5, 5.41) is 0. The van der Waals surface area contributed by atoms with Crippen molar-refractivity contribution in [2.45, 2.75) is 6.54 Å². The molecule has 0 fully saturated rings. The fourth-order valence-electron chi connectivity index (χ4n) is 2.05. The summed E-state index contributed by atoms with van der Waals surface area (Å²) in [6, 6.07) is 5.65. The second-order valence-corrected chi connectivity index (χ2v) is 4.68. The highest BCUT2D eigenvalue weighted by atomic mass is 16.5. The summed E-state index contributed by atoms with van der Waals surface area (Å²) in [6.45, 7) is 0.852. The van der Waals surface area contributed by atoms with E-state index in [9.17, 15) is 9.59 Å². The van der Waals surface area contributed by atoms with E-state index in [1.807, 2.05) is 30.1 Å². The van der Waals surface area contributed by atoms with Crippen molar-refractivity contribution in [1.82, 2.24) is 4.90 Å². The van der Waals surface area contributed by atoms with Crippen molar-refractivity contribution in [3.05, 3.63) is 23.8 Å². The summed E-state index contributed by atoms with van der Waals surface area (Å²) in [5.41, 5.74) is 6.89. The first kappa shape index (κ1) is 13.4. The average molecular weight is 263 g/mol. The number of anilines is 1. The Morgan fingerprint density at radius 3 is 2.95 bits per heavy atom. The summed E-state index contributed by atoms with van der Waals surface area (Å²) in [7, 11) is 3.54. The minimum absolute atomic E-state index is 0.0738. The smallest absolute Gasteiger partial charge is 0.264 e. The largest absolute Gasteiger partial charge is 0.482 e. The van der Waals surface area contributed by atoms with Gasteiger partial charge in [-0.05, 0) is 24.7 Å². The molecule has 1 aromatic carbocycles. The maximum atomic E-state index is 11.6. The molecule has 0 radical (unpaired) electrons. The lowest BCUT2D eigenvalue weighted by molar-refractivity contribution is -0.121. The van der Waals surface area contributed by atoms with Crippen molar-refractivity contribution in [1.29, 1.82) is 0 Å². The Hall–Kier alpha value is -2.08. The second kappa shape index (κ2) is 5.27. The number of hydrogen-bond acceptors (Lipinski definition) is 4. The first-order chi connectivity index (χ1) is 8.97. The molecule has 1 aromatic rings. The van der Waals surface area contributed by atoms with Gasteiger partial charge in [-0.2, -0.15) is 0 Å². The van der Waals surface area contributed by atoms with Crippen molar-refractivity contribution >= 4 is 17.5 Å². The van der Waals surface area contributed by atoms with Gasteiger partial charge in [-0.25, -0.2) is 0 Å². The molecule has 2 rings (SSSR count). The van der Waals surface area contributed by atoms with E-state index in [1.54, 1.807) is 11.9 Å². The van der Waals surface area contributed by atoms with Crippen LogP contribution in [0.2, 0.25) is 0 Å². The van der Waals surface area contributed by atoms with E-state index in [4.69, 9.17) is 10.5 Å². The van der Waals surface area contributed by atoms with E-state index in [0.29, 0.717) is 12.3 Å². The van der Waals surface area contributed by atoms with Crippen LogP contribution in [-0.2, 0) is 16.1 Å². The summed E-state index contributed by atoms with van der Waals surface area (Å²) < 4.78 is 5.35. The molecule has 0 unspecified atom stereocenters. The molecule has 0 saturated heterocycles. The van der Waals surface area contributed by atoms with Gasteiger partial charge in [0, 0.05) is 13.6 Å². The third kappa shape index (κ3) is 3.03. The minimum atomic E-state index is -0.365. The highest BCUT2D eigenvalue weighted by molar-refractivity contribution is 5.97. The molecule has 1 heterocycles. The highest BCUT2D eigenvalue weighted by Crippen LogP contribution is 2.32. The first-order valence-corrected chi connectivity index (χ1v) is 5.96.